The van der Waals surface area contributed by atoms with E-state index < -0.39 is 0 Å². The molecule has 336 valence electrons. The molecule has 0 saturated carbocycles. The third-order valence-electron chi connectivity index (χ3n) is 11.9. The summed E-state index contributed by atoms with van der Waals surface area (Å²) in [5.74, 6) is 0.242. The molecule has 0 unspecified atom stereocenters. The average Bonchev–Trinajstić information content (AvgIpc) is 3.52. The highest BCUT2D eigenvalue weighted by molar-refractivity contribution is 5.79. The minimum atomic E-state index is -0.0268. The molecule has 1 saturated heterocycles. The zero-order valence-corrected chi connectivity index (χ0v) is 38.5. The van der Waals surface area contributed by atoms with E-state index in [1.807, 2.05) is 11.9 Å². The van der Waals surface area contributed by atoms with Crippen LogP contribution < -0.4 is 0 Å². The number of esters is 2. The van der Waals surface area contributed by atoms with Crippen molar-refractivity contribution in [1.82, 2.24) is 14.7 Å². The van der Waals surface area contributed by atoms with Crippen molar-refractivity contribution in [2.75, 3.05) is 53.0 Å². The summed E-state index contributed by atoms with van der Waals surface area (Å²) in [6, 6.07) is 0. The Morgan fingerprint density at radius 1 is 0.544 bits per heavy atom. The SMILES string of the molecule is CCCCCCCCCOC(=O)CCCCCCCN(CCCCCCCC(=O)OC(CCCCCCCC)CCCCCCCC)CCCN1CN(C)CC1=O. The Morgan fingerprint density at radius 2 is 0.965 bits per heavy atom. The molecular formula is C49H95N3O5. The molecule has 1 aliphatic heterocycles. The van der Waals surface area contributed by atoms with Crippen LogP contribution in [-0.4, -0.2) is 91.7 Å². The van der Waals surface area contributed by atoms with Crippen LogP contribution in [-0.2, 0) is 23.9 Å². The van der Waals surface area contributed by atoms with E-state index in [4.69, 9.17) is 9.47 Å². The third kappa shape index (κ3) is 33.8. The molecule has 1 amide bonds. The van der Waals surface area contributed by atoms with Gasteiger partial charge in [0.05, 0.1) is 19.8 Å². The monoisotopic (exact) mass is 806 g/mol. The van der Waals surface area contributed by atoms with Crippen LogP contribution in [0.4, 0.5) is 0 Å². The van der Waals surface area contributed by atoms with Crippen LogP contribution in [0.3, 0.4) is 0 Å². The summed E-state index contributed by atoms with van der Waals surface area (Å²) in [4.78, 5) is 43.9. The van der Waals surface area contributed by atoms with Gasteiger partial charge in [-0.3, -0.25) is 19.3 Å². The summed E-state index contributed by atoms with van der Waals surface area (Å²) >= 11 is 0. The van der Waals surface area contributed by atoms with Crippen LogP contribution >= 0.6 is 0 Å². The maximum absolute atomic E-state index is 12.8. The molecule has 1 heterocycles. The predicted molar refractivity (Wildman–Crippen MR) is 240 cm³/mol. The van der Waals surface area contributed by atoms with Gasteiger partial charge < -0.3 is 19.3 Å². The van der Waals surface area contributed by atoms with Crippen molar-refractivity contribution >= 4 is 17.8 Å². The van der Waals surface area contributed by atoms with Crippen LogP contribution in [0, 0.1) is 0 Å². The molecule has 0 aromatic heterocycles. The molecule has 57 heavy (non-hydrogen) atoms. The first-order valence-corrected chi connectivity index (χ1v) is 24.9. The lowest BCUT2D eigenvalue weighted by molar-refractivity contribution is -0.150. The molecule has 0 aromatic carbocycles. The number of nitrogens with zero attached hydrogens (tertiary/aromatic N) is 3. The topological polar surface area (TPSA) is 79.4 Å². The molecule has 0 bridgehead atoms. The zero-order valence-electron chi connectivity index (χ0n) is 38.5. The summed E-state index contributed by atoms with van der Waals surface area (Å²) in [5, 5.41) is 0. The van der Waals surface area contributed by atoms with Crippen molar-refractivity contribution in [3.63, 3.8) is 0 Å². The first-order valence-electron chi connectivity index (χ1n) is 24.9. The molecule has 1 rings (SSSR count). The summed E-state index contributed by atoms with van der Waals surface area (Å²) < 4.78 is 11.5. The number of carbonyl (C=O) groups excluding carboxylic acids is 3. The van der Waals surface area contributed by atoms with Gasteiger partial charge in [-0.05, 0) is 90.9 Å². The molecule has 1 fully saturated rings. The largest absolute Gasteiger partial charge is 0.466 e. The molecule has 0 aliphatic carbocycles. The van der Waals surface area contributed by atoms with Gasteiger partial charge in [-0.25, -0.2) is 0 Å². The van der Waals surface area contributed by atoms with Crippen LogP contribution in [0.5, 0.6) is 0 Å². The second kappa shape index (κ2) is 39.8. The van der Waals surface area contributed by atoms with Crippen LogP contribution in [0.15, 0.2) is 0 Å². The quantitative estimate of drug-likeness (QED) is 0.0448. The molecule has 0 aromatic rings. The summed E-state index contributed by atoms with van der Waals surface area (Å²) in [6.07, 6.45) is 39.4. The van der Waals surface area contributed by atoms with Gasteiger partial charge in [0.15, 0.2) is 0 Å². The summed E-state index contributed by atoms with van der Waals surface area (Å²) in [6.45, 7) is 12.7. The van der Waals surface area contributed by atoms with Gasteiger partial charge in [0, 0.05) is 19.4 Å². The fourth-order valence-corrected chi connectivity index (χ4v) is 8.17. The zero-order chi connectivity index (χ0) is 41.4. The van der Waals surface area contributed by atoms with Gasteiger partial charge in [0.1, 0.15) is 6.10 Å². The first kappa shape index (κ1) is 53.3. The van der Waals surface area contributed by atoms with Crippen molar-refractivity contribution in [3.05, 3.63) is 0 Å². The fourth-order valence-electron chi connectivity index (χ4n) is 8.17. The van der Waals surface area contributed by atoms with Gasteiger partial charge in [0.25, 0.3) is 0 Å². The van der Waals surface area contributed by atoms with Gasteiger partial charge in [-0.2, -0.15) is 0 Å². The molecular weight excluding hydrogens is 711 g/mol. The lowest BCUT2D eigenvalue weighted by Gasteiger charge is -2.24. The molecule has 1 aliphatic rings. The van der Waals surface area contributed by atoms with Crippen molar-refractivity contribution in [2.45, 2.75) is 245 Å². The third-order valence-corrected chi connectivity index (χ3v) is 11.9. The lowest BCUT2D eigenvalue weighted by atomic mass is 10.0. The molecule has 0 atom stereocenters. The maximum Gasteiger partial charge on any atom is 0.306 e. The number of hydrogen-bond donors (Lipinski definition) is 0. The number of amides is 1. The summed E-state index contributed by atoms with van der Waals surface area (Å²) in [5.41, 5.74) is 0. The number of hydrogen-bond acceptors (Lipinski definition) is 7. The van der Waals surface area contributed by atoms with E-state index in [0.29, 0.717) is 26.0 Å². The van der Waals surface area contributed by atoms with E-state index in [2.05, 4.69) is 30.6 Å². The number of ether oxygens (including phenoxy) is 2. The van der Waals surface area contributed by atoms with Crippen molar-refractivity contribution in [1.29, 1.82) is 0 Å². The highest BCUT2D eigenvalue weighted by Gasteiger charge is 2.24. The second-order valence-electron chi connectivity index (χ2n) is 17.6. The van der Waals surface area contributed by atoms with Crippen molar-refractivity contribution < 1.29 is 23.9 Å². The normalized spacial score (nSPS) is 13.4. The highest BCUT2D eigenvalue weighted by atomic mass is 16.5. The molecule has 0 radical (unpaired) electrons. The number of rotatable bonds is 43. The van der Waals surface area contributed by atoms with E-state index in [9.17, 15) is 14.4 Å². The van der Waals surface area contributed by atoms with Crippen LogP contribution in [0.2, 0.25) is 0 Å². The van der Waals surface area contributed by atoms with E-state index in [0.717, 1.165) is 97.1 Å². The Labute approximate surface area is 353 Å². The standard InChI is InChI=1S/C49H95N3O5/c1-5-8-11-14-17-26-33-43-56-48(54)37-29-22-18-24-31-39-51(41-34-42-52-45-50(4)44-47(52)53)40-32-25-19-23-30-38-49(55)57-46(35-27-20-15-12-9-6-2)36-28-21-16-13-10-7-3/h46H,5-45H2,1-4H3. The Balaban J connectivity index is 2.30. The van der Waals surface area contributed by atoms with Crippen molar-refractivity contribution in [2.24, 2.45) is 0 Å². The number of unbranched alkanes of at least 4 members (excludes halogenated alkanes) is 24. The van der Waals surface area contributed by atoms with Gasteiger partial charge >= 0.3 is 11.9 Å². The minimum absolute atomic E-state index is 0.0181. The Morgan fingerprint density at radius 3 is 1.46 bits per heavy atom. The number of likely N-dealkylation sites (N-methyl/N-ethyl adjacent to an activating group) is 1. The first-order chi connectivity index (χ1) is 27.9. The van der Waals surface area contributed by atoms with Crippen LogP contribution in [0.25, 0.3) is 0 Å². The highest BCUT2D eigenvalue weighted by Crippen LogP contribution is 2.19. The van der Waals surface area contributed by atoms with E-state index >= 15 is 0 Å². The minimum Gasteiger partial charge on any atom is -0.466 e. The average molecular weight is 806 g/mol. The Bertz CT molecular complexity index is 917. The molecule has 8 heteroatoms. The molecule has 0 N–H and O–H groups in total. The van der Waals surface area contributed by atoms with E-state index in [1.165, 1.54) is 141 Å². The molecule has 8 nitrogen and oxygen atoms in total. The van der Waals surface area contributed by atoms with Gasteiger partial charge in [0.2, 0.25) is 5.91 Å². The van der Waals surface area contributed by atoms with Gasteiger partial charge in [-0.1, -0.05) is 162 Å². The fraction of sp³-hybridized carbons (Fsp3) is 0.939. The van der Waals surface area contributed by atoms with Crippen LogP contribution in [0.1, 0.15) is 239 Å². The Hall–Kier alpha value is -1.67. The predicted octanol–water partition coefficient (Wildman–Crippen LogP) is 12.8. The van der Waals surface area contributed by atoms with Gasteiger partial charge in [-0.15, -0.1) is 0 Å². The smallest absolute Gasteiger partial charge is 0.306 e. The number of carbonyl (C=O) groups is 3. The lowest BCUT2D eigenvalue weighted by Crippen LogP contribution is -2.32. The Kier molecular flexibility index (Phi) is 37.2. The maximum atomic E-state index is 12.8. The van der Waals surface area contributed by atoms with Crippen molar-refractivity contribution in [3.8, 4) is 0 Å². The van der Waals surface area contributed by atoms with E-state index in [-0.39, 0.29) is 23.9 Å². The summed E-state index contributed by atoms with van der Waals surface area (Å²) in [7, 11) is 2.01. The molecule has 0 spiro atoms. The van der Waals surface area contributed by atoms with E-state index in [1.54, 1.807) is 0 Å². The second-order valence-corrected chi connectivity index (χ2v) is 17.6.